The maximum absolute atomic E-state index is 10.6. The van der Waals surface area contributed by atoms with E-state index in [9.17, 15) is 4.79 Å². The molecule has 4 N–H and O–H groups in total. The number of nitrogens with two attached hydrogens (primary N) is 1. The minimum absolute atomic E-state index is 0.0880. The number of aromatic hydroxyl groups is 2. The fourth-order valence-corrected chi connectivity index (χ4v) is 3.16. The number of rotatable bonds is 16. The summed E-state index contributed by atoms with van der Waals surface area (Å²) in [5.74, 6) is 0.0229. The molecule has 0 atom stereocenters. The van der Waals surface area contributed by atoms with Crippen LogP contribution in [0.4, 0.5) is 0 Å². The van der Waals surface area contributed by atoms with Crippen molar-refractivity contribution in [2.24, 2.45) is 5.73 Å². The van der Waals surface area contributed by atoms with Gasteiger partial charge in [-0.2, -0.15) is 0 Å². The minimum Gasteiger partial charge on any atom is -0.508 e. The zero-order valence-electron chi connectivity index (χ0n) is 18.0. The zero-order valence-corrected chi connectivity index (χ0v) is 18.0. The van der Waals surface area contributed by atoms with Crippen LogP contribution in [0.25, 0.3) is 0 Å². The van der Waals surface area contributed by atoms with Gasteiger partial charge in [0.15, 0.2) is 0 Å². The van der Waals surface area contributed by atoms with E-state index in [0.29, 0.717) is 6.42 Å². The van der Waals surface area contributed by atoms with Crippen molar-refractivity contribution in [1.82, 2.24) is 0 Å². The third-order valence-electron chi connectivity index (χ3n) is 4.86. The largest absolute Gasteiger partial charge is 0.508 e. The first-order valence-corrected chi connectivity index (χ1v) is 11.3. The highest BCUT2D eigenvalue weighted by molar-refractivity contribution is 5.73. The van der Waals surface area contributed by atoms with Gasteiger partial charge in [-0.25, -0.2) is 0 Å². The Balaban J connectivity index is 0.000000749. The highest BCUT2D eigenvalue weighted by atomic mass is 16.3. The zero-order chi connectivity index (χ0) is 20.9. The molecule has 28 heavy (non-hydrogen) atoms. The third kappa shape index (κ3) is 20.6. The molecule has 4 heteroatoms. The van der Waals surface area contributed by atoms with Crippen molar-refractivity contribution < 1.29 is 15.0 Å². The van der Waals surface area contributed by atoms with Gasteiger partial charge in [0.1, 0.15) is 11.5 Å². The van der Waals surface area contributed by atoms with Crippen molar-refractivity contribution in [2.75, 3.05) is 0 Å². The Morgan fingerprint density at radius 2 is 1.07 bits per heavy atom. The molecule has 0 fully saturated rings. The van der Waals surface area contributed by atoms with E-state index in [2.05, 4.69) is 6.92 Å². The lowest BCUT2D eigenvalue weighted by Gasteiger charge is -2.03. The number of hydrogen-bond acceptors (Lipinski definition) is 3. The average molecular weight is 394 g/mol. The maximum Gasteiger partial charge on any atom is 0.217 e. The molecular weight excluding hydrogens is 350 g/mol. The number of benzene rings is 1. The molecule has 0 radical (unpaired) electrons. The van der Waals surface area contributed by atoms with Gasteiger partial charge < -0.3 is 15.9 Å². The number of primary amides is 1. The minimum atomic E-state index is -0.153. The normalized spacial score (nSPS) is 10.3. The summed E-state index contributed by atoms with van der Waals surface area (Å²) in [4.78, 5) is 10.6. The quantitative estimate of drug-likeness (QED) is 0.269. The Hall–Kier alpha value is -1.71. The van der Waals surface area contributed by atoms with Crippen LogP contribution >= 0.6 is 0 Å². The topological polar surface area (TPSA) is 83.6 Å². The van der Waals surface area contributed by atoms with Crippen LogP contribution in [0.2, 0.25) is 0 Å². The van der Waals surface area contributed by atoms with Crippen LogP contribution in [-0.2, 0) is 4.79 Å². The van der Waals surface area contributed by atoms with Crippen LogP contribution in [0.15, 0.2) is 24.3 Å². The number of phenols is 2. The number of amides is 1. The van der Waals surface area contributed by atoms with E-state index in [-0.39, 0.29) is 17.4 Å². The average Bonchev–Trinajstić information content (AvgIpc) is 2.65. The van der Waals surface area contributed by atoms with E-state index in [1.54, 1.807) is 6.07 Å². The monoisotopic (exact) mass is 393 g/mol. The number of carbonyl (C=O) groups is 1. The van der Waals surface area contributed by atoms with Gasteiger partial charge in [0.05, 0.1) is 0 Å². The van der Waals surface area contributed by atoms with E-state index < -0.39 is 0 Å². The Labute approximate surface area is 172 Å². The summed E-state index contributed by atoms with van der Waals surface area (Å²) in [6, 6.07) is 5.85. The molecule has 0 aromatic heterocycles. The van der Waals surface area contributed by atoms with Gasteiger partial charge in [-0.3, -0.25) is 4.79 Å². The number of hydrogen-bond donors (Lipinski definition) is 3. The van der Waals surface area contributed by atoms with E-state index >= 15 is 0 Å². The van der Waals surface area contributed by atoms with Crippen molar-refractivity contribution in [3.05, 3.63) is 24.3 Å². The molecule has 0 spiro atoms. The highest BCUT2D eigenvalue weighted by Crippen LogP contribution is 2.15. The summed E-state index contributed by atoms with van der Waals surface area (Å²) in [5.41, 5.74) is 5.11. The predicted octanol–water partition coefficient (Wildman–Crippen LogP) is 6.83. The van der Waals surface area contributed by atoms with Crippen molar-refractivity contribution in [3.8, 4) is 11.5 Å². The van der Waals surface area contributed by atoms with Crippen LogP contribution in [0.1, 0.15) is 110 Å². The second-order valence-electron chi connectivity index (χ2n) is 7.69. The molecule has 0 saturated heterocycles. The SMILES string of the molecule is CCCCCCCCCCCCCCCCCC(N)=O.Oc1cccc(O)c1. The summed E-state index contributed by atoms with van der Waals surface area (Å²) in [7, 11) is 0. The molecule has 1 aromatic carbocycles. The molecule has 162 valence electrons. The predicted molar refractivity (Wildman–Crippen MR) is 119 cm³/mol. The van der Waals surface area contributed by atoms with Crippen molar-refractivity contribution >= 4 is 5.91 Å². The fraction of sp³-hybridized carbons (Fsp3) is 0.708. The summed E-state index contributed by atoms with van der Waals surface area (Å²) in [6.07, 6.45) is 20.9. The molecule has 0 aliphatic heterocycles. The standard InChI is InChI=1S/C18H37NO.C6H6O2/c1-2-3-4-5-6-7-8-9-10-11-12-13-14-15-16-17-18(19)20;7-5-2-1-3-6(8)4-5/h2-17H2,1H3,(H2,19,20);1-4,7-8H. The van der Waals surface area contributed by atoms with Crippen LogP contribution in [-0.4, -0.2) is 16.1 Å². The summed E-state index contributed by atoms with van der Waals surface area (Å²) in [6.45, 7) is 2.28. The van der Waals surface area contributed by atoms with Gasteiger partial charge in [0, 0.05) is 12.5 Å². The molecule has 0 heterocycles. The van der Waals surface area contributed by atoms with Crippen LogP contribution in [0, 0.1) is 0 Å². The van der Waals surface area contributed by atoms with Gasteiger partial charge in [0.2, 0.25) is 5.91 Å². The van der Waals surface area contributed by atoms with E-state index in [4.69, 9.17) is 15.9 Å². The first kappa shape index (κ1) is 26.3. The van der Waals surface area contributed by atoms with Crippen LogP contribution in [0.3, 0.4) is 0 Å². The second kappa shape index (κ2) is 20.0. The summed E-state index contributed by atoms with van der Waals surface area (Å²) >= 11 is 0. The number of phenolic OH excluding ortho intramolecular Hbond substituents is 2. The lowest BCUT2D eigenvalue weighted by molar-refractivity contribution is -0.118. The van der Waals surface area contributed by atoms with Crippen molar-refractivity contribution in [2.45, 2.75) is 110 Å². The van der Waals surface area contributed by atoms with Gasteiger partial charge in [-0.15, -0.1) is 0 Å². The van der Waals surface area contributed by atoms with Gasteiger partial charge >= 0.3 is 0 Å². The molecule has 1 rings (SSSR count). The third-order valence-corrected chi connectivity index (χ3v) is 4.86. The number of carbonyl (C=O) groups excluding carboxylic acids is 1. The molecule has 0 aliphatic carbocycles. The molecular formula is C24H43NO3. The Kier molecular flexibility index (Phi) is 18.8. The summed E-state index contributed by atoms with van der Waals surface area (Å²) < 4.78 is 0. The van der Waals surface area contributed by atoms with E-state index in [1.807, 2.05) is 0 Å². The van der Waals surface area contributed by atoms with Crippen molar-refractivity contribution in [3.63, 3.8) is 0 Å². The first-order valence-electron chi connectivity index (χ1n) is 11.3. The second-order valence-corrected chi connectivity index (χ2v) is 7.69. The smallest absolute Gasteiger partial charge is 0.217 e. The number of unbranched alkanes of at least 4 members (excludes halogenated alkanes) is 14. The van der Waals surface area contributed by atoms with Crippen LogP contribution in [0.5, 0.6) is 11.5 Å². The lowest BCUT2D eigenvalue weighted by Crippen LogP contribution is -2.09. The molecule has 1 aromatic rings. The van der Waals surface area contributed by atoms with Gasteiger partial charge in [0.25, 0.3) is 0 Å². The Morgan fingerprint density at radius 1 is 0.714 bits per heavy atom. The van der Waals surface area contributed by atoms with Crippen molar-refractivity contribution in [1.29, 1.82) is 0 Å². The van der Waals surface area contributed by atoms with E-state index in [1.165, 1.54) is 108 Å². The Bertz CT molecular complexity index is 459. The fourth-order valence-electron chi connectivity index (χ4n) is 3.16. The van der Waals surface area contributed by atoms with Gasteiger partial charge in [-0.1, -0.05) is 103 Å². The molecule has 0 aliphatic rings. The van der Waals surface area contributed by atoms with E-state index in [0.717, 1.165) is 6.42 Å². The molecule has 0 saturated carbocycles. The molecule has 4 nitrogen and oxygen atoms in total. The first-order chi connectivity index (χ1) is 13.6. The lowest BCUT2D eigenvalue weighted by atomic mass is 10.0. The molecule has 0 unspecified atom stereocenters. The highest BCUT2D eigenvalue weighted by Gasteiger charge is 1.96. The van der Waals surface area contributed by atoms with Crippen LogP contribution < -0.4 is 5.73 Å². The molecule has 0 bridgehead atoms. The van der Waals surface area contributed by atoms with Gasteiger partial charge in [-0.05, 0) is 18.6 Å². The summed E-state index contributed by atoms with van der Waals surface area (Å²) in [5, 5.41) is 17.3. The maximum atomic E-state index is 10.6. The Morgan fingerprint density at radius 3 is 1.36 bits per heavy atom. The molecule has 1 amide bonds.